The lowest BCUT2D eigenvalue weighted by atomic mass is 10.1. The van der Waals surface area contributed by atoms with Gasteiger partial charge in [-0.3, -0.25) is 4.90 Å². The van der Waals surface area contributed by atoms with Gasteiger partial charge in [0.15, 0.2) is 11.5 Å². The number of methoxy groups -OCH3 is 3. The summed E-state index contributed by atoms with van der Waals surface area (Å²) in [5, 5.41) is 0. The van der Waals surface area contributed by atoms with Gasteiger partial charge in [0.2, 0.25) is 5.75 Å². The molecule has 0 saturated carbocycles. The van der Waals surface area contributed by atoms with E-state index >= 15 is 0 Å². The van der Waals surface area contributed by atoms with Crippen molar-refractivity contribution in [3.63, 3.8) is 0 Å². The molecule has 2 rings (SSSR count). The number of ether oxygens (including phenoxy) is 3. The summed E-state index contributed by atoms with van der Waals surface area (Å²) >= 11 is 0. The number of hydrogen-bond acceptors (Lipinski definition) is 5. The van der Waals surface area contributed by atoms with Crippen LogP contribution in [0.5, 0.6) is 17.2 Å². The molecule has 2 atom stereocenters. The van der Waals surface area contributed by atoms with Crippen molar-refractivity contribution in [1.29, 1.82) is 0 Å². The van der Waals surface area contributed by atoms with Crippen LogP contribution in [0.15, 0.2) is 12.1 Å². The molecule has 1 aliphatic rings. The number of hydrogen-bond donors (Lipinski definition) is 1. The van der Waals surface area contributed by atoms with E-state index in [0.29, 0.717) is 23.5 Å². The summed E-state index contributed by atoms with van der Waals surface area (Å²) in [5.74, 6) is 2.68. The van der Waals surface area contributed by atoms with Gasteiger partial charge in [-0.15, -0.1) is 0 Å². The van der Waals surface area contributed by atoms with Crippen LogP contribution in [0, 0.1) is 5.92 Å². The third-order valence-corrected chi connectivity index (χ3v) is 4.28. The average molecular weight is 294 g/mol. The number of rotatable bonds is 6. The highest BCUT2D eigenvalue weighted by molar-refractivity contribution is 5.55. The SMILES string of the molecule is COc1ccc(CN2CC(CN)CC2C)c(OC)c1OC. The van der Waals surface area contributed by atoms with Crippen molar-refractivity contribution in [1.82, 2.24) is 4.90 Å². The fourth-order valence-corrected chi connectivity index (χ4v) is 3.12. The van der Waals surface area contributed by atoms with E-state index in [1.165, 1.54) is 0 Å². The minimum atomic E-state index is 0.538. The summed E-state index contributed by atoms with van der Waals surface area (Å²) < 4.78 is 16.3. The molecular weight excluding hydrogens is 268 g/mol. The molecule has 5 heteroatoms. The lowest BCUT2D eigenvalue weighted by Gasteiger charge is -2.23. The molecular formula is C16H26N2O3. The van der Waals surface area contributed by atoms with Gasteiger partial charge in [0.1, 0.15) is 0 Å². The molecule has 21 heavy (non-hydrogen) atoms. The second-order valence-corrected chi connectivity index (χ2v) is 5.61. The molecule has 0 aromatic heterocycles. The van der Waals surface area contributed by atoms with E-state index in [2.05, 4.69) is 11.8 Å². The van der Waals surface area contributed by atoms with Gasteiger partial charge in [-0.1, -0.05) is 6.07 Å². The Morgan fingerprint density at radius 2 is 1.86 bits per heavy atom. The van der Waals surface area contributed by atoms with Gasteiger partial charge in [-0.25, -0.2) is 0 Å². The molecule has 1 aliphatic heterocycles. The molecule has 118 valence electrons. The molecule has 0 aliphatic carbocycles. The minimum Gasteiger partial charge on any atom is -0.493 e. The largest absolute Gasteiger partial charge is 0.493 e. The van der Waals surface area contributed by atoms with Gasteiger partial charge in [0.25, 0.3) is 0 Å². The van der Waals surface area contributed by atoms with E-state index < -0.39 is 0 Å². The highest BCUT2D eigenvalue weighted by Crippen LogP contribution is 2.40. The Bertz CT molecular complexity index is 479. The Hall–Kier alpha value is -1.46. The van der Waals surface area contributed by atoms with Crippen LogP contribution in [0.25, 0.3) is 0 Å². The highest BCUT2D eigenvalue weighted by atomic mass is 16.5. The predicted molar refractivity (Wildman–Crippen MR) is 83.1 cm³/mol. The van der Waals surface area contributed by atoms with Gasteiger partial charge >= 0.3 is 0 Å². The van der Waals surface area contributed by atoms with Gasteiger partial charge in [-0.2, -0.15) is 0 Å². The Kier molecular flexibility index (Phi) is 5.31. The van der Waals surface area contributed by atoms with Crippen molar-refractivity contribution in [2.75, 3.05) is 34.4 Å². The third-order valence-electron chi connectivity index (χ3n) is 4.28. The topological polar surface area (TPSA) is 57.0 Å². The lowest BCUT2D eigenvalue weighted by Crippen LogP contribution is -2.27. The normalized spacial score (nSPS) is 22.3. The molecule has 0 radical (unpaired) electrons. The van der Waals surface area contributed by atoms with Crippen LogP contribution < -0.4 is 19.9 Å². The van der Waals surface area contributed by atoms with Gasteiger partial charge in [0.05, 0.1) is 21.3 Å². The first kappa shape index (κ1) is 15.9. The van der Waals surface area contributed by atoms with Gasteiger partial charge < -0.3 is 19.9 Å². The zero-order chi connectivity index (χ0) is 15.4. The summed E-state index contributed by atoms with van der Waals surface area (Å²) in [6.07, 6.45) is 1.16. The molecule has 1 aromatic rings. The maximum absolute atomic E-state index is 5.80. The van der Waals surface area contributed by atoms with Crippen LogP contribution >= 0.6 is 0 Å². The van der Waals surface area contributed by atoms with Crippen molar-refractivity contribution in [3.8, 4) is 17.2 Å². The number of nitrogens with zero attached hydrogens (tertiary/aromatic N) is 1. The summed E-state index contributed by atoms with van der Waals surface area (Å²) in [5.41, 5.74) is 6.91. The maximum Gasteiger partial charge on any atom is 0.203 e. The Morgan fingerprint density at radius 1 is 1.14 bits per heavy atom. The van der Waals surface area contributed by atoms with Gasteiger partial charge in [0, 0.05) is 24.7 Å². The fourth-order valence-electron chi connectivity index (χ4n) is 3.12. The first-order chi connectivity index (χ1) is 10.1. The first-order valence-electron chi connectivity index (χ1n) is 7.36. The summed E-state index contributed by atoms with van der Waals surface area (Å²) in [6, 6.07) is 4.51. The zero-order valence-corrected chi connectivity index (χ0v) is 13.4. The van der Waals surface area contributed by atoms with E-state index in [1.807, 2.05) is 12.1 Å². The summed E-state index contributed by atoms with van der Waals surface area (Å²) in [6.45, 7) is 4.88. The van der Waals surface area contributed by atoms with Crippen molar-refractivity contribution in [3.05, 3.63) is 17.7 Å². The van der Waals surface area contributed by atoms with Crippen molar-refractivity contribution in [2.24, 2.45) is 11.7 Å². The summed E-state index contributed by atoms with van der Waals surface area (Å²) in [7, 11) is 4.93. The Labute approximate surface area is 127 Å². The van der Waals surface area contributed by atoms with Crippen LogP contribution in [0.2, 0.25) is 0 Å². The highest BCUT2D eigenvalue weighted by Gasteiger charge is 2.29. The molecule has 2 N–H and O–H groups in total. The van der Waals surface area contributed by atoms with Crippen LogP contribution in [0.1, 0.15) is 18.9 Å². The second kappa shape index (κ2) is 7.00. The molecule has 0 bridgehead atoms. The van der Waals surface area contributed by atoms with Crippen LogP contribution in [-0.2, 0) is 6.54 Å². The van der Waals surface area contributed by atoms with Crippen molar-refractivity contribution < 1.29 is 14.2 Å². The molecule has 1 heterocycles. The predicted octanol–water partition coefficient (Wildman–Crippen LogP) is 1.88. The minimum absolute atomic E-state index is 0.538. The van der Waals surface area contributed by atoms with Crippen LogP contribution in [0.3, 0.4) is 0 Å². The molecule has 1 aromatic carbocycles. The summed E-state index contributed by atoms with van der Waals surface area (Å²) in [4.78, 5) is 2.45. The van der Waals surface area contributed by atoms with E-state index in [-0.39, 0.29) is 0 Å². The first-order valence-corrected chi connectivity index (χ1v) is 7.36. The van der Waals surface area contributed by atoms with Crippen LogP contribution in [0.4, 0.5) is 0 Å². The molecule has 5 nitrogen and oxygen atoms in total. The molecule has 1 saturated heterocycles. The van der Waals surface area contributed by atoms with E-state index in [1.54, 1.807) is 21.3 Å². The number of benzene rings is 1. The quantitative estimate of drug-likeness (QED) is 0.868. The van der Waals surface area contributed by atoms with Crippen molar-refractivity contribution in [2.45, 2.75) is 25.9 Å². The number of nitrogens with two attached hydrogens (primary N) is 1. The third kappa shape index (κ3) is 3.24. The van der Waals surface area contributed by atoms with Gasteiger partial charge in [-0.05, 0) is 31.9 Å². The zero-order valence-electron chi connectivity index (χ0n) is 13.4. The molecule has 0 spiro atoms. The standard InChI is InChI=1S/C16H26N2O3/c1-11-7-12(8-17)9-18(11)10-13-5-6-14(19-2)16(21-4)15(13)20-3/h5-6,11-12H,7-10,17H2,1-4H3. The fraction of sp³-hybridized carbons (Fsp3) is 0.625. The van der Waals surface area contributed by atoms with E-state index in [9.17, 15) is 0 Å². The molecule has 2 unspecified atom stereocenters. The van der Waals surface area contributed by atoms with Crippen LogP contribution in [-0.4, -0.2) is 45.4 Å². The Morgan fingerprint density at radius 3 is 2.38 bits per heavy atom. The molecule has 1 fully saturated rings. The van der Waals surface area contributed by atoms with E-state index in [0.717, 1.165) is 37.4 Å². The monoisotopic (exact) mass is 294 g/mol. The Balaban J connectivity index is 2.24. The molecule has 0 amide bonds. The number of likely N-dealkylation sites (tertiary alicyclic amines) is 1. The second-order valence-electron chi connectivity index (χ2n) is 5.61. The lowest BCUT2D eigenvalue weighted by molar-refractivity contribution is 0.249. The average Bonchev–Trinajstić information content (AvgIpc) is 2.86. The van der Waals surface area contributed by atoms with E-state index in [4.69, 9.17) is 19.9 Å². The van der Waals surface area contributed by atoms with Crippen molar-refractivity contribution >= 4 is 0 Å². The smallest absolute Gasteiger partial charge is 0.203 e. The maximum atomic E-state index is 5.80.